The number of nitrogens with zero attached hydrogens (tertiary/aromatic N) is 1. The van der Waals surface area contributed by atoms with E-state index in [1.165, 1.54) is 6.07 Å². The Bertz CT molecular complexity index is 609. The second kappa shape index (κ2) is 7.77. The van der Waals surface area contributed by atoms with Crippen molar-refractivity contribution in [1.82, 2.24) is 4.90 Å². The van der Waals surface area contributed by atoms with Gasteiger partial charge in [0, 0.05) is 10.8 Å². The Morgan fingerprint density at radius 3 is 2.65 bits per heavy atom. The average molecular weight is 376 g/mol. The van der Waals surface area contributed by atoms with Crippen LogP contribution in [0.5, 0.6) is 0 Å². The normalized spacial score (nSPS) is 20.9. The minimum atomic E-state index is -0.591. The van der Waals surface area contributed by atoms with Crippen molar-refractivity contribution in [3.63, 3.8) is 0 Å². The third-order valence-corrected chi connectivity index (χ3v) is 5.46. The molecule has 23 heavy (non-hydrogen) atoms. The zero-order chi connectivity index (χ0) is 17.1. The Morgan fingerprint density at radius 2 is 2.09 bits per heavy atom. The van der Waals surface area contributed by atoms with Crippen molar-refractivity contribution in [3.05, 3.63) is 33.8 Å². The van der Waals surface area contributed by atoms with Gasteiger partial charge in [0.15, 0.2) is 0 Å². The standard InChI is InChI=1S/C16H19Cl2NO3S/c1-4-14-19(13(8-23-14)16(21)22-9(2)3)15(20)11-6-5-10(17)7-12(11)18/h5-7,9,13-14H,4,8H2,1-3H3. The van der Waals surface area contributed by atoms with Crippen molar-refractivity contribution in [3.8, 4) is 0 Å². The van der Waals surface area contributed by atoms with Crippen LogP contribution in [0, 0.1) is 0 Å². The van der Waals surface area contributed by atoms with Gasteiger partial charge in [-0.05, 0) is 38.5 Å². The predicted octanol–water partition coefficient (Wildman–Crippen LogP) is 4.24. The fraction of sp³-hybridized carbons (Fsp3) is 0.500. The molecule has 1 aliphatic heterocycles. The molecule has 0 aliphatic carbocycles. The van der Waals surface area contributed by atoms with Crippen molar-refractivity contribution < 1.29 is 14.3 Å². The molecular formula is C16H19Cl2NO3S. The van der Waals surface area contributed by atoms with E-state index in [0.717, 1.165) is 6.42 Å². The molecule has 7 heteroatoms. The summed E-state index contributed by atoms with van der Waals surface area (Å²) in [5.74, 6) is -0.114. The number of esters is 1. The van der Waals surface area contributed by atoms with Gasteiger partial charge in [-0.3, -0.25) is 4.79 Å². The lowest BCUT2D eigenvalue weighted by Gasteiger charge is -2.28. The van der Waals surface area contributed by atoms with Gasteiger partial charge in [-0.15, -0.1) is 11.8 Å². The Morgan fingerprint density at radius 1 is 1.39 bits per heavy atom. The molecule has 1 aromatic carbocycles. The van der Waals surface area contributed by atoms with Crippen LogP contribution >= 0.6 is 35.0 Å². The number of hydrogen-bond donors (Lipinski definition) is 0. The highest BCUT2D eigenvalue weighted by Crippen LogP contribution is 2.34. The molecule has 2 rings (SSSR count). The molecular weight excluding hydrogens is 357 g/mol. The van der Waals surface area contributed by atoms with Crippen LogP contribution in [-0.4, -0.2) is 40.0 Å². The smallest absolute Gasteiger partial charge is 0.330 e. The number of rotatable bonds is 4. The Hall–Kier alpha value is -0.910. The number of carbonyl (C=O) groups excluding carboxylic acids is 2. The van der Waals surface area contributed by atoms with Crippen molar-refractivity contribution in [1.29, 1.82) is 0 Å². The van der Waals surface area contributed by atoms with Crippen LogP contribution in [0.15, 0.2) is 18.2 Å². The van der Waals surface area contributed by atoms with Gasteiger partial charge in [0.1, 0.15) is 6.04 Å². The molecule has 4 nitrogen and oxygen atoms in total. The zero-order valence-corrected chi connectivity index (χ0v) is 15.5. The molecule has 0 radical (unpaired) electrons. The topological polar surface area (TPSA) is 46.6 Å². The lowest BCUT2D eigenvalue weighted by Crippen LogP contribution is -2.46. The van der Waals surface area contributed by atoms with Crippen molar-refractivity contribution in [2.75, 3.05) is 5.75 Å². The van der Waals surface area contributed by atoms with Crippen LogP contribution < -0.4 is 0 Å². The fourth-order valence-electron chi connectivity index (χ4n) is 2.44. The second-order valence-electron chi connectivity index (χ2n) is 5.53. The number of carbonyl (C=O) groups is 2. The Balaban J connectivity index is 2.30. The molecule has 126 valence electrons. The summed E-state index contributed by atoms with van der Waals surface area (Å²) in [5.41, 5.74) is 0.347. The highest BCUT2D eigenvalue weighted by atomic mass is 35.5. The summed E-state index contributed by atoms with van der Waals surface area (Å²) in [6, 6.07) is 4.15. The van der Waals surface area contributed by atoms with Crippen LogP contribution in [-0.2, 0) is 9.53 Å². The van der Waals surface area contributed by atoms with Gasteiger partial charge in [0.2, 0.25) is 0 Å². The maximum Gasteiger partial charge on any atom is 0.330 e. The number of benzene rings is 1. The first-order valence-corrected chi connectivity index (χ1v) is 9.25. The van der Waals surface area contributed by atoms with E-state index in [-0.39, 0.29) is 28.4 Å². The Labute approximate surface area is 150 Å². The molecule has 2 unspecified atom stereocenters. The molecule has 0 N–H and O–H groups in total. The van der Waals surface area contributed by atoms with E-state index < -0.39 is 6.04 Å². The summed E-state index contributed by atoms with van der Waals surface area (Å²) >= 11 is 13.6. The van der Waals surface area contributed by atoms with Gasteiger partial charge in [-0.2, -0.15) is 0 Å². The summed E-state index contributed by atoms with van der Waals surface area (Å²) in [4.78, 5) is 26.8. The highest BCUT2D eigenvalue weighted by Gasteiger charge is 2.42. The molecule has 1 aliphatic rings. The largest absolute Gasteiger partial charge is 0.461 e. The zero-order valence-electron chi connectivity index (χ0n) is 13.2. The van der Waals surface area contributed by atoms with E-state index >= 15 is 0 Å². The lowest BCUT2D eigenvalue weighted by molar-refractivity contribution is -0.151. The molecule has 2 atom stereocenters. The maximum atomic E-state index is 12.9. The molecule has 0 aromatic heterocycles. The number of ether oxygens (including phenoxy) is 1. The Kier molecular flexibility index (Phi) is 6.23. The molecule has 1 heterocycles. The first kappa shape index (κ1) is 18.4. The third-order valence-electron chi connectivity index (χ3n) is 3.46. The fourth-order valence-corrected chi connectivity index (χ4v) is 4.27. The van der Waals surface area contributed by atoms with Crippen LogP contribution in [0.2, 0.25) is 10.0 Å². The molecule has 1 aromatic rings. The minimum absolute atomic E-state index is 0.0704. The highest BCUT2D eigenvalue weighted by molar-refractivity contribution is 8.00. The van der Waals surface area contributed by atoms with Gasteiger partial charge in [0.05, 0.1) is 22.1 Å². The predicted molar refractivity (Wildman–Crippen MR) is 94.2 cm³/mol. The van der Waals surface area contributed by atoms with E-state index in [4.69, 9.17) is 27.9 Å². The molecule has 1 fully saturated rings. The van der Waals surface area contributed by atoms with E-state index in [0.29, 0.717) is 16.3 Å². The number of halogens is 2. The quantitative estimate of drug-likeness (QED) is 0.738. The van der Waals surface area contributed by atoms with Crippen LogP contribution in [0.3, 0.4) is 0 Å². The number of hydrogen-bond acceptors (Lipinski definition) is 4. The second-order valence-corrected chi connectivity index (χ2v) is 7.59. The summed E-state index contributed by atoms with van der Waals surface area (Å²) in [7, 11) is 0. The number of thioether (sulfide) groups is 1. The summed E-state index contributed by atoms with van der Waals surface area (Å²) in [6.45, 7) is 5.57. The van der Waals surface area contributed by atoms with Crippen LogP contribution in [0.1, 0.15) is 37.6 Å². The van der Waals surface area contributed by atoms with E-state index in [9.17, 15) is 9.59 Å². The molecule has 1 saturated heterocycles. The SMILES string of the molecule is CCC1SCC(C(=O)OC(C)C)N1C(=O)c1ccc(Cl)cc1Cl. The molecule has 1 amide bonds. The lowest BCUT2D eigenvalue weighted by atomic mass is 10.1. The summed E-state index contributed by atoms with van der Waals surface area (Å²) in [6.07, 6.45) is 0.525. The molecule has 0 spiro atoms. The van der Waals surface area contributed by atoms with Crippen LogP contribution in [0.25, 0.3) is 0 Å². The molecule has 0 saturated carbocycles. The third kappa shape index (κ3) is 4.14. The average Bonchev–Trinajstić information content (AvgIpc) is 2.89. The monoisotopic (exact) mass is 375 g/mol. The van der Waals surface area contributed by atoms with Gasteiger partial charge in [-0.25, -0.2) is 4.79 Å². The van der Waals surface area contributed by atoms with Gasteiger partial charge in [0.25, 0.3) is 5.91 Å². The van der Waals surface area contributed by atoms with Crippen molar-refractivity contribution >= 4 is 46.8 Å². The van der Waals surface area contributed by atoms with Crippen molar-refractivity contribution in [2.45, 2.75) is 44.7 Å². The van der Waals surface area contributed by atoms with E-state index in [2.05, 4.69) is 0 Å². The maximum absolute atomic E-state index is 12.9. The summed E-state index contributed by atoms with van der Waals surface area (Å²) in [5, 5.41) is 0.675. The van der Waals surface area contributed by atoms with E-state index in [1.54, 1.807) is 42.6 Å². The molecule has 0 bridgehead atoms. The van der Waals surface area contributed by atoms with Crippen molar-refractivity contribution in [2.24, 2.45) is 0 Å². The number of amides is 1. The first-order chi connectivity index (χ1) is 10.8. The first-order valence-electron chi connectivity index (χ1n) is 7.45. The van der Waals surface area contributed by atoms with Gasteiger partial charge >= 0.3 is 5.97 Å². The van der Waals surface area contributed by atoms with Crippen LogP contribution in [0.4, 0.5) is 0 Å². The minimum Gasteiger partial charge on any atom is -0.461 e. The summed E-state index contributed by atoms with van der Waals surface area (Å²) < 4.78 is 5.29. The van der Waals surface area contributed by atoms with Gasteiger partial charge in [-0.1, -0.05) is 30.1 Å². The van der Waals surface area contributed by atoms with E-state index in [1.807, 2.05) is 6.92 Å². The van der Waals surface area contributed by atoms with Gasteiger partial charge < -0.3 is 9.64 Å².